The van der Waals surface area contributed by atoms with E-state index in [0.29, 0.717) is 5.56 Å². The highest BCUT2D eigenvalue weighted by atomic mass is 32.2. The van der Waals surface area contributed by atoms with Crippen molar-refractivity contribution < 1.29 is 17.6 Å². The number of nitrogens with zero attached hydrogens (tertiary/aromatic N) is 1. The average Bonchev–Trinajstić information content (AvgIpc) is 2.55. The average molecular weight is 362 g/mol. The van der Waals surface area contributed by atoms with Gasteiger partial charge < -0.3 is 10.6 Å². The molecule has 2 amide bonds. The molecule has 0 saturated carbocycles. The van der Waals surface area contributed by atoms with Gasteiger partial charge in [0.2, 0.25) is 10.0 Å². The van der Waals surface area contributed by atoms with Crippen LogP contribution in [0, 0.1) is 17.1 Å². The molecule has 0 aliphatic heterocycles. The third-order valence-electron chi connectivity index (χ3n) is 3.41. The number of benzene rings is 2. The van der Waals surface area contributed by atoms with E-state index in [4.69, 9.17) is 10.4 Å². The van der Waals surface area contributed by atoms with Gasteiger partial charge in [-0.2, -0.15) is 5.26 Å². The van der Waals surface area contributed by atoms with Gasteiger partial charge in [0, 0.05) is 0 Å². The summed E-state index contributed by atoms with van der Waals surface area (Å²) in [6.45, 7) is 1.70. The monoisotopic (exact) mass is 362 g/mol. The second-order valence-corrected chi connectivity index (χ2v) is 6.80. The number of urea groups is 1. The third kappa shape index (κ3) is 4.76. The number of nitrogens with two attached hydrogens (primary N) is 1. The van der Waals surface area contributed by atoms with Gasteiger partial charge in [-0.1, -0.05) is 12.1 Å². The van der Waals surface area contributed by atoms with Gasteiger partial charge in [0.05, 0.1) is 22.2 Å². The molecule has 25 heavy (non-hydrogen) atoms. The van der Waals surface area contributed by atoms with E-state index in [9.17, 15) is 17.6 Å². The van der Waals surface area contributed by atoms with Crippen molar-refractivity contribution in [3.05, 3.63) is 59.4 Å². The second kappa shape index (κ2) is 7.29. The van der Waals surface area contributed by atoms with Crippen molar-refractivity contribution in [3.63, 3.8) is 0 Å². The predicted molar refractivity (Wildman–Crippen MR) is 89.5 cm³/mol. The summed E-state index contributed by atoms with van der Waals surface area (Å²) >= 11 is 0. The number of hydrogen-bond acceptors (Lipinski definition) is 4. The van der Waals surface area contributed by atoms with E-state index >= 15 is 0 Å². The number of sulfonamides is 1. The Morgan fingerprint density at radius 3 is 2.44 bits per heavy atom. The molecule has 1 unspecified atom stereocenters. The molecule has 0 radical (unpaired) electrons. The first kappa shape index (κ1) is 18.4. The van der Waals surface area contributed by atoms with Crippen LogP contribution in [-0.2, 0) is 10.0 Å². The maximum Gasteiger partial charge on any atom is 0.319 e. The Morgan fingerprint density at radius 2 is 1.88 bits per heavy atom. The molecule has 0 spiro atoms. The number of anilines is 1. The van der Waals surface area contributed by atoms with Gasteiger partial charge in [-0.05, 0) is 42.8 Å². The van der Waals surface area contributed by atoms with E-state index in [1.54, 1.807) is 13.0 Å². The van der Waals surface area contributed by atoms with Crippen LogP contribution >= 0.6 is 0 Å². The molecule has 4 N–H and O–H groups in total. The SMILES string of the molecule is CC(NC(=O)Nc1ccc(F)cc1C#N)c1ccc(S(N)(=O)=O)cc1. The van der Waals surface area contributed by atoms with Gasteiger partial charge in [0.15, 0.2) is 0 Å². The molecule has 130 valence electrons. The molecule has 0 aromatic heterocycles. The minimum atomic E-state index is -3.78. The molecule has 0 fully saturated rings. The van der Waals surface area contributed by atoms with E-state index in [0.717, 1.165) is 12.1 Å². The maximum atomic E-state index is 13.1. The highest BCUT2D eigenvalue weighted by molar-refractivity contribution is 7.89. The summed E-state index contributed by atoms with van der Waals surface area (Å²) in [6, 6.07) is 9.95. The fourth-order valence-electron chi connectivity index (χ4n) is 2.10. The zero-order valence-electron chi connectivity index (χ0n) is 13.2. The molecule has 0 heterocycles. The van der Waals surface area contributed by atoms with Gasteiger partial charge in [-0.3, -0.25) is 0 Å². The van der Waals surface area contributed by atoms with Gasteiger partial charge >= 0.3 is 6.03 Å². The Balaban J connectivity index is 2.07. The van der Waals surface area contributed by atoms with Gasteiger partial charge in [-0.15, -0.1) is 0 Å². The first-order valence-electron chi connectivity index (χ1n) is 7.10. The van der Waals surface area contributed by atoms with Gasteiger partial charge in [0.25, 0.3) is 0 Å². The first-order chi connectivity index (χ1) is 11.7. The Labute approximate surface area is 144 Å². The smallest absolute Gasteiger partial charge is 0.319 e. The fourth-order valence-corrected chi connectivity index (χ4v) is 2.62. The zero-order chi connectivity index (χ0) is 18.6. The number of primary sulfonamides is 1. The number of hydrogen-bond donors (Lipinski definition) is 3. The normalized spacial score (nSPS) is 12.1. The number of nitriles is 1. The highest BCUT2D eigenvalue weighted by Crippen LogP contribution is 2.18. The van der Waals surface area contributed by atoms with Crippen molar-refractivity contribution in [2.45, 2.75) is 17.9 Å². The molecule has 0 saturated heterocycles. The fraction of sp³-hybridized carbons (Fsp3) is 0.125. The number of halogens is 1. The minimum Gasteiger partial charge on any atom is -0.331 e. The van der Waals surface area contributed by atoms with E-state index < -0.39 is 27.9 Å². The Bertz CT molecular complexity index is 937. The molecule has 2 aromatic rings. The van der Waals surface area contributed by atoms with Crippen LogP contribution in [0.3, 0.4) is 0 Å². The number of nitrogens with one attached hydrogen (secondary N) is 2. The molecule has 1 atom stereocenters. The van der Waals surface area contributed by atoms with Crippen molar-refractivity contribution in [1.82, 2.24) is 5.32 Å². The number of carbonyl (C=O) groups excluding carboxylic acids is 1. The third-order valence-corrected chi connectivity index (χ3v) is 4.34. The second-order valence-electron chi connectivity index (χ2n) is 5.24. The van der Waals surface area contributed by atoms with Crippen LogP contribution in [0.15, 0.2) is 47.4 Å². The predicted octanol–water partition coefficient (Wildman–Crippen LogP) is 2.23. The molecule has 9 heteroatoms. The topological polar surface area (TPSA) is 125 Å². The van der Waals surface area contributed by atoms with Crippen LogP contribution in [0.5, 0.6) is 0 Å². The summed E-state index contributed by atoms with van der Waals surface area (Å²) in [6.07, 6.45) is 0. The number of amides is 2. The van der Waals surface area contributed by atoms with E-state index in [2.05, 4.69) is 10.6 Å². The maximum absolute atomic E-state index is 13.1. The standard InChI is InChI=1S/C16H15FN4O3S/c1-10(11-2-5-14(6-3-11)25(19,23)24)20-16(22)21-15-7-4-13(17)8-12(15)9-18/h2-8,10H,1H3,(H2,19,23,24)(H2,20,21,22). The lowest BCUT2D eigenvalue weighted by atomic mass is 10.1. The van der Waals surface area contributed by atoms with Crippen LogP contribution in [0.25, 0.3) is 0 Å². The van der Waals surface area contributed by atoms with Crippen molar-refractivity contribution >= 4 is 21.7 Å². The molecule has 0 bridgehead atoms. The molecular formula is C16H15FN4O3S. The quantitative estimate of drug-likeness (QED) is 0.771. The molecule has 2 aromatic carbocycles. The minimum absolute atomic E-state index is 0.000286. The van der Waals surface area contributed by atoms with Gasteiger partial charge in [-0.25, -0.2) is 22.7 Å². The lowest BCUT2D eigenvalue weighted by molar-refractivity contribution is 0.249. The van der Waals surface area contributed by atoms with E-state index in [1.807, 2.05) is 0 Å². The summed E-state index contributed by atoms with van der Waals surface area (Å²) in [7, 11) is -3.78. The molecule has 0 aliphatic rings. The van der Waals surface area contributed by atoms with Crippen molar-refractivity contribution in [2.75, 3.05) is 5.32 Å². The number of rotatable bonds is 4. The zero-order valence-corrected chi connectivity index (χ0v) is 14.0. The summed E-state index contributed by atoms with van der Waals surface area (Å²) < 4.78 is 35.5. The lowest BCUT2D eigenvalue weighted by Crippen LogP contribution is -2.31. The van der Waals surface area contributed by atoms with Crippen LogP contribution < -0.4 is 15.8 Å². The molecule has 2 rings (SSSR count). The molecular weight excluding hydrogens is 347 g/mol. The molecule has 0 aliphatic carbocycles. The summed E-state index contributed by atoms with van der Waals surface area (Å²) in [5.41, 5.74) is 0.834. The largest absolute Gasteiger partial charge is 0.331 e. The van der Waals surface area contributed by atoms with Crippen molar-refractivity contribution in [1.29, 1.82) is 5.26 Å². The number of carbonyl (C=O) groups is 1. The summed E-state index contributed by atoms with van der Waals surface area (Å²) in [5.74, 6) is -0.578. The van der Waals surface area contributed by atoms with Crippen LogP contribution in [-0.4, -0.2) is 14.4 Å². The Kier molecular flexibility index (Phi) is 5.36. The summed E-state index contributed by atoms with van der Waals surface area (Å²) in [4.78, 5) is 12.0. The van der Waals surface area contributed by atoms with E-state index in [-0.39, 0.29) is 16.1 Å². The van der Waals surface area contributed by atoms with Gasteiger partial charge in [0.1, 0.15) is 11.9 Å². The lowest BCUT2D eigenvalue weighted by Gasteiger charge is -2.16. The van der Waals surface area contributed by atoms with Crippen molar-refractivity contribution in [2.24, 2.45) is 5.14 Å². The van der Waals surface area contributed by atoms with E-state index in [1.165, 1.54) is 30.3 Å². The van der Waals surface area contributed by atoms with Crippen LogP contribution in [0.4, 0.5) is 14.9 Å². The Hall–Kier alpha value is -2.96. The van der Waals surface area contributed by atoms with Crippen LogP contribution in [0.2, 0.25) is 0 Å². The first-order valence-corrected chi connectivity index (χ1v) is 8.65. The highest BCUT2D eigenvalue weighted by Gasteiger charge is 2.13. The summed E-state index contributed by atoms with van der Waals surface area (Å²) in [5, 5.41) is 19.1. The van der Waals surface area contributed by atoms with Crippen LogP contribution in [0.1, 0.15) is 24.1 Å². The molecule has 7 nitrogen and oxygen atoms in total. The Morgan fingerprint density at radius 1 is 1.24 bits per heavy atom. The van der Waals surface area contributed by atoms with Crippen molar-refractivity contribution in [3.8, 4) is 6.07 Å².